The third kappa shape index (κ3) is 5.17. The lowest BCUT2D eigenvalue weighted by Crippen LogP contribution is -2.41. The third-order valence-corrected chi connectivity index (χ3v) is 2.23. The van der Waals surface area contributed by atoms with E-state index in [4.69, 9.17) is 0 Å². The van der Waals surface area contributed by atoms with Gasteiger partial charge < -0.3 is 10.6 Å². The number of hydrogen-bond donors (Lipinski definition) is 3. The molecule has 0 saturated carbocycles. The molecular weight excluding hydrogens is 275 g/mol. The molecule has 0 atom stereocenters. The summed E-state index contributed by atoms with van der Waals surface area (Å²) in [5.74, 6) is -0.645. The molecule has 0 aliphatic carbocycles. The molecule has 0 spiro atoms. The van der Waals surface area contributed by atoms with Crippen LogP contribution in [0.4, 0.5) is 23.7 Å². The van der Waals surface area contributed by atoms with Crippen LogP contribution in [0, 0.1) is 0 Å². The molecule has 0 radical (unpaired) electrons. The lowest BCUT2D eigenvalue weighted by molar-refractivity contribution is -0.137. The minimum atomic E-state index is -4.44. The first-order chi connectivity index (χ1) is 9.32. The monoisotopic (exact) mass is 289 g/mol. The van der Waals surface area contributed by atoms with Gasteiger partial charge in [0.1, 0.15) is 0 Å². The van der Waals surface area contributed by atoms with Crippen LogP contribution in [0.2, 0.25) is 0 Å². The van der Waals surface area contributed by atoms with Crippen LogP contribution in [-0.2, 0) is 11.0 Å². The van der Waals surface area contributed by atoms with Crippen LogP contribution in [0.25, 0.3) is 0 Å². The van der Waals surface area contributed by atoms with E-state index < -0.39 is 23.7 Å². The summed E-state index contributed by atoms with van der Waals surface area (Å²) in [5, 5.41) is 6.89. The molecule has 1 rings (SSSR count). The van der Waals surface area contributed by atoms with E-state index in [2.05, 4.69) is 10.6 Å². The van der Waals surface area contributed by atoms with Crippen molar-refractivity contribution in [3.8, 4) is 0 Å². The summed E-state index contributed by atoms with van der Waals surface area (Å²) in [6, 6.07) is 3.80. The zero-order valence-electron chi connectivity index (χ0n) is 10.7. The maximum absolute atomic E-state index is 12.5. The molecule has 20 heavy (non-hydrogen) atoms. The maximum atomic E-state index is 12.5. The summed E-state index contributed by atoms with van der Waals surface area (Å²) >= 11 is 0. The number of urea groups is 1. The van der Waals surface area contributed by atoms with Crippen molar-refractivity contribution in [2.75, 3.05) is 18.4 Å². The number of hydrogen-bond acceptors (Lipinski definition) is 3. The highest BCUT2D eigenvalue weighted by Gasteiger charge is 2.30. The summed E-state index contributed by atoms with van der Waals surface area (Å²) in [6.07, 6.45) is -4.44. The molecule has 0 aliphatic rings. The molecule has 0 unspecified atom stereocenters. The predicted octanol–water partition coefficient (Wildman–Crippen LogP) is 1.96. The molecule has 0 aliphatic heterocycles. The Bertz CT molecular complexity index is 489. The highest BCUT2D eigenvalue weighted by atomic mass is 19.4. The standard InChI is InChI=1S/C12H14F3N3O2/c1-2-16-11(20)18-10(19)7-17-9-5-3-4-8(6-9)12(13,14)15/h3-6,17H,2,7H2,1H3,(H2,16,18,19,20). The van der Waals surface area contributed by atoms with Crippen LogP contribution in [0.1, 0.15) is 12.5 Å². The molecule has 0 aromatic heterocycles. The van der Waals surface area contributed by atoms with Gasteiger partial charge in [0.15, 0.2) is 0 Å². The van der Waals surface area contributed by atoms with E-state index in [-0.39, 0.29) is 12.2 Å². The van der Waals surface area contributed by atoms with Gasteiger partial charge in [-0.3, -0.25) is 10.1 Å². The summed E-state index contributed by atoms with van der Waals surface area (Å²) in [5.41, 5.74) is -0.669. The number of rotatable bonds is 4. The van der Waals surface area contributed by atoms with Crippen LogP contribution in [0.5, 0.6) is 0 Å². The van der Waals surface area contributed by atoms with E-state index in [1.165, 1.54) is 12.1 Å². The van der Waals surface area contributed by atoms with Crippen LogP contribution in [0.15, 0.2) is 24.3 Å². The van der Waals surface area contributed by atoms with Gasteiger partial charge in [0.2, 0.25) is 5.91 Å². The van der Waals surface area contributed by atoms with Crippen LogP contribution in [0.3, 0.4) is 0 Å². The zero-order chi connectivity index (χ0) is 15.2. The normalized spacial score (nSPS) is 10.8. The van der Waals surface area contributed by atoms with Gasteiger partial charge in [0.05, 0.1) is 12.1 Å². The molecule has 0 saturated heterocycles. The average molecular weight is 289 g/mol. The first kappa shape index (κ1) is 15.8. The number of anilines is 1. The number of carbonyl (C=O) groups is 2. The topological polar surface area (TPSA) is 70.2 Å². The van der Waals surface area contributed by atoms with Crippen molar-refractivity contribution in [3.05, 3.63) is 29.8 Å². The van der Waals surface area contributed by atoms with Crippen molar-refractivity contribution in [1.82, 2.24) is 10.6 Å². The molecule has 3 N–H and O–H groups in total. The SMILES string of the molecule is CCNC(=O)NC(=O)CNc1cccc(C(F)(F)F)c1. The Morgan fingerprint density at radius 1 is 1.25 bits per heavy atom. The molecule has 0 heterocycles. The minimum absolute atomic E-state index is 0.144. The molecular formula is C12H14F3N3O2. The summed E-state index contributed by atoms with van der Waals surface area (Å²) in [4.78, 5) is 22.4. The van der Waals surface area contributed by atoms with E-state index in [1.54, 1.807) is 6.92 Å². The summed E-state index contributed by atoms with van der Waals surface area (Å²) < 4.78 is 37.4. The number of imide groups is 1. The Morgan fingerprint density at radius 2 is 1.95 bits per heavy atom. The van der Waals surface area contributed by atoms with Gasteiger partial charge in [0.25, 0.3) is 0 Å². The summed E-state index contributed by atoms with van der Waals surface area (Å²) in [6.45, 7) is 1.74. The number of carbonyl (C=O) groups excluding carboxylic acids is 2. The Labute approximate surface area is 113 Å². The molecule has 5 nitrogen and oxygen atoms in total. The van der Waals surface area contributed by atoms with Crippen molar-refractivity contribution in [1.29, 1.82) is 0 Å². The van der Waals surface area contributed by atoms with Crippen molar-refractivity contribution < 1.29 is 22.8 Å². The van der Waals surface area contributed by atoms with Gasteiger partial charge in [-0.25, -0.2) is 4.79 Å². The smallest absolute Gasteiger partial charge is 0.376 e. The average Bonchev–Trinajstić information content (AvgIpc) is 2.36. The highest BCUT2D eigenvalue weighted by Crippen LogP contribution is 2.30. The molecule has 1 aromatic rings. The minimum Gasteiger partial charge on any atom is -0.376 e. The Hall–Kier alpha value is -2.25. The van der Waals surface area contributed by atoms with Gasteiger partial charge in [-0.05, 0) is 25.1 Å². The van der Waals surface area contributed by atoms with E-state index in [0.29, 0.717) is 6.54 Å². The fourth-order valence-corrected chi connectivity index (χ4v) is 1.36. The number of benzene rings is 1. The second-order valence-electron chi connectivity index (χ2n) is 3.84. The lowest BCUT2D eigenvalue weighted by atomic mass is 10.2. The van der Waals surface area contributed by atoms with Gasteiger partial charge in [-0.2, -0.15) is 13.2 Å². The van der Waals surface area contributed by atoms with E-state index >= 15 is 0 Å². The highest BCUT2D eigenvalue weighted by molar-refractivity contribution is 5.96. The fourth-order valence-electron chi connectivity index (χ4n) is 1.36. The molecule has 0 bridgehead atoms. The van der Waals surface area contributed by atoms with Crippen molar-refractivity contribution >= 4 is 17.6 Å². The van der Waals surface area contributed by atoms with Crippen LogP contribution < -0.4 is 16.0 Å². The first-order valence-corrected chi connectivity index (χ1v) is 5.81. The van der Waals surface area contributed by atoms with Crippen molar-refractivity contribution in [2.45, 2.75) is 13.1 Å². The fraction of sp³-hybridized carbons (Fsp3) is 0.333. The van der Waals surface area contributed by atoms with E-state index in [0.717, 1.165) is 12.1 Å². The molecule has 110 valence electrons. The Morgan fingerprint density at radius 3 is 2.55 bits per heavy atom. The van der Waals surface area contributed by atoms with Gasteiger partial charge in [0, 0.05) is 12.2 Å². The third-order valence-electron chi connectivity index (χ3n) is 2.23. The molecule has 0 fully saturated rings. The second kappa shape index (κ2) is 6.78. The largest absolute Gasteiger partial charge is 0.416 e. The van der Waals surface area contributed by atoms with Gasteiger partial charge in [-0.15, -0.1) is 0 Å². The van der Waals surface area contributed by atoms with Gasteiger partial charge in [-0.1, -0.05) is 6.07 Å². The van der Waals surface area contributed by atoms with Crippen LogP contribution >= 0.6 is 0 Å². The van der Waals surface area contributed by atoms with E-state index in [9.17, 15) is 22.8 Å². The molecule has 1 aromatic carbocycles. The quantitative estimate of drug-likeness (QED) is 0.793. The Kier molecular flexibility index (Phi) is 5.36. The van der Waals surface area contributed by atoms with Crippen LogP contribution in [-0.4, -0.2) is 25.0 Å². The van der Waals surface area contributed by atoms with Crippen molar-refractivity contribution in [3.63, 3.8) is 0 Å². The number of nitrogens with one attached hydrogen (secondary N) is 3. The van der Waals surface area contributed by atoms with E-state index in [1.807, 2.05) is 5.32 Å². The molecule has 8 heteroatoms. The number of halogens is 3. The predicted molar refractivity (Wildman–Crippen MR) is 67.1 cm³/mol. The zero-order valence-corrected chi connectivity index (χ0v) is 10.7. The number of amides is 3. The van der Waals surface area contributed by atoms with Crippen molar-refractivity contribution in [2.24, 2.45) is 0 Å². The molecule has 3 amide bonds. The lowest BCUT2D eigenvalue weighted by Gasteiger charge is -2.10. The summed E-state index contributed by atoms with van der Waals surface area (Å²) in [7, 11) is 0. The number of alkyl halides is 3. The first-order valence-electron chi connectivity index (χ1n) is 5.81. The van der Waals surface area contributed by atoms with Gasteiger partial charge >= 0.3 is 12.2 Å². The Balaban J connectivity index is 2.54. The maximum Gasteiger partial charge on any atom is 0.416 e. The second-order valence-corrected chi connectivity index (χ2v) is 3.84.